The van der Waals surface area contributed by atoms with Crippen LogP contribution in [0.25, 0.3) is 0 Å². The van der Waals surface area contributed by atoms with Crippen LogP contribution in [-0.2, 0) is 0 Å². The molecule has 114 valence electrons. The molecule has 1 aromatic carbocycles. The van der Waals surface area contributed by atoms with Gasteiger partial charge < -0.3 is 4.74 Å². The number of nitrogens with zero attached hydrogens (tertiary/aromatic N) is 2. The second-order valence-electron chi connectivity index (χ2n) is 5.46. The summed E-state index contributed by atoms with van der Waals surface area (Å²) in [5, 5.41) is 4.24. The zero-order valence-electron chi connectivity index (χ0n) is 13.1. The SMILES string of the molecule is COc1cc(C)c(C(NN)c2snnc2C(C)C)cc1C. The van der Waals surface area contributed by atoms with Gasteiger partial charge in [-0.05, 0) is 54.1 Å². The topological polar surface area (TPSA) is 73.1 Å². The van der Waals surface area contributed by atoms with E-state index in [4.69, 9.17) is 10.6 Å². The molecule has 1 atom stereocenters. The molecule has 0 aliphatic rings. The summed E-state index contributed by atoms with van der Waals surface area (Å²) in [5.41, 5.74) is 7.25. The molecular formula is C15H22N4OS. The van der Waals surface area contributed by atoms with Crippen LogP contribution in [-0.4, -0.2) is 16.7 Å². The number of benzene rings is 1. The molecule has 3 N–H and O–H groups in total. The first-order chi connectivity index (χ1) is 9.99. The Labute approximate surface area is 129 Å². The monoisotopic (exact) mass is 306 g/mol. The first-order valence-corrected chi connectivity index (χ1v) is 7.70. The minimum absolute atomic E-state index is 0.105. The Morgan fingerprint density at radius 2 is 1.95 bits per heavy atom. The molecular weight excluding hydrogens is 284 g/mol. The van der Waals surface area contributed by atoms with Crippen molar-refractivity contribution in [2.45, 2.75) is 39.7 Å². The molecule has 0 fully saturated rings. The van der Waals surface area contributed by atoms with E-state index in [0.29, 0.717) is 5.92 Å². The van der Waals surface area contributed by atoms with Crippen molar-refractivity contribution in [2.24, 2.45) is 5.84 Å². The van der Waals surface area contributed by atoms with E-state index in [0.717, 1.165) is 33.0 Å². The summed E-state index contributed by atoms with van der Waals surface area (Å²) in [6.45, 7) is 8.31. The molecule has 0 bridgehead atoms. The van der Waals surface area contributed by atoms with Gasteiger partial charge in [-0.15, -0.1) is 5.10 Å². The lowest BCUT2D eigenvalue weighted by Crippen LogP contribution is -2.29. The fraction of sp³-hybridized carbons (Fsp3) is 0.467. The third-order valence-corrected chi connectivity index (χ3v) is 4.42. The molecule has 1 unspecified atom stereocenters. The first-order valence-electron chi connectivity index (χ1n) is 6.93. The number of hydrogen-bond acceptors (Lipinski definition) is 6. The third-order valence-electron chi connectivity index (χ3n) is 3.61. The van der Waals surface area contributed by atoms with E-state index in [1.807, 2.05) is 13.0 Å². The average molecular weight is 306 g/mol. The van der Waals surface area contributed by atoms with Crippen LogP contribution in [0.1, 0.15) is 53.1 Å². The van der Waals surface area contributed by atoms with Gasteiger partial charge in [0.1, 0.15) is 5.75 Å². The van der Waals surface area contributed by atoms with Crippen molar-refractivity contribution in [2.75, 3.05) is 7.11 Å². The number of ether oxygens (including phenoxy) is 1. The van der Waals surface area contributed by atoms with Crippen molar-refractivity contribution in [3.8, 4) is 5.75 Å². The molecule has 1 aromatic heterocycles. The van der Waals surface area contributed by atoms with Crippen LogP contribution in [0.3, 0.4) is 0 Å². The van der Waals surface area contributed by atoms with Crippen LogP contribution < -0.4 is 16.0 Å². The summed E-state index contributed by atoms with van der Waals surface area (Å²) in [4.78, 5) is 1.07. The van der Waals surface area contributed by atoms with Crippen molar-refractivity contribution in [1.82, 2.24) is 15.0 Å². The standard InChI is InChI=1S/C15H22N4OS/c1-8(2)13-15(21-19-18-13)14(17-16)11-6-10(4)12(20-5)7-9(11)3/h6-8,14,17H,16H2,1-5H3. The predicted molar refractivity (Wildman–Crippen MR) is 85.6 cm³/mol. The van der Waals surface area contributed by atoms with Crippen molar-refractivity contribution in [1.29, 1.82) is 0 Å². The van der Waals surface area contributed by atoms with E-state index in [1.165, 1.54) is 11.5 Å². The van der Waals surface area contributed by atoms with Crippen molar-refractivity contribution >= 4 is 11.5 Å². The number of hydrogen-bond donors (Lipinski definition) is 2. The van der Waals surface area contributed by atoms with Crippen molar-refractivity contribution in [3.05, 3.63) is 39.4 Å². The maximum absolute atomic E-state index is 5.82. The Morgan fingerprint density at radius 3 is 2.52 bits per heavy atom. The van der Waals surface area contributed by atoms with Gasteiger partial charge in [-0.3, -0.25) is 5.84 Å². The second kappa shape index (κ2) is 6.51. The zero-order chi connectivity index (χ0) is 15.6. The lowest BCUT2D eigenvalue weighted by atomic mass is 9.95. The Balaban J connectivity index is 2.51. The lowest BCUT2D eigenvalue weighted by Gasteiger charge is -2.20. The van der Waals surface area contributed by atoms with Crippen LogP contribution in [0.2, 0.25) is 0 Å². The number of aromatic nitrogens is 2. The fourth-order valence-electron chi connectivity index (χ4n) is 2.45. The van der Waals surface area contributed by atoms with Gasteiger partial charge >= 0.3 is 0 Å². The van der Waals surface area contributed by atoms with E-state index in [1.54, 1.807) is 7.11 Å². The summed E-state index contributed by atoms with van der Waals surface area (Å²) in [6.07, 6.45) is 0. The average Bonchev–Trinajstić information content (AvgIpc) is 2.92. The highest BCUT2D eigenvalue weighted by molar-refractivity contribution is 7.05. The van der Waals surface area contributed by atoms with Gasteiger partial charge in [0.2, 0.25) is 0 Å². The fourth-order valence-corrected chi connectivity index (χ4v) is 3.34. The lowest BCUT2D eigenvalue weighted by molar-refractivity contribution is 0.411. The smallest absolute Gasteiger partial charge is 0.122 e. The molecule has 0 saturated carbocycles. The summed E-state index contributed by atoms with van der Waals surface area (Å²) in [7, 11) is 1.68. The number of nitrogens with two attached hydrogens (primary N) is 1. The van der Waals surface area contributed by atoms with Crippen molar-refractivity contribution < 1.29 is 4.74 Å². The van der Waals surface area contributed by atoms with Gasteiger partial charge in [0.05, 0.1) is 23.7 Å². The molecule has 0 radical (unpaired) electrons. The number of rotatable bonds is 5. The Hall–Kier alpha value is -1.50. The molecule has 1 heterocycles. The Morgan fingerprint density at radius 1 is 1.24 bits per heavy atom. The second-order valence-corrected chi connectivity index (χ2v) is 6.24. The van der Waals surface area contributed by atoms with Crippen LogP contribution in [0.5, 0.6) is 5.75 Å². The molecule has 2 aromatic rings. The van der Waals surface area contributed by atoms with E-state index in [-0.39, 0.29) is 6.04 Å². The Bertz CT molecular complexity index is 624. The van der Waals surface area contributed by atoms with Crippen LogP contribution in [0.4, 0.5) is 0 Å². The summed E-state index contributed by atoms with van der Waals surface area (Å²) >= 11 is 1.40. The molecule has 2 rings (SSSR count). The third kappa shape index (κ3) is 3.07. The maximum atomic E-state index is 5.82. The van der Waals surface area contributed by atoms with Crippen LogP contribution in [0.15, 0.2) is 12.1 Å². The highest BCUT2D eigenvalue weighted by atomic mass is 32.1. The van der Waals surface area contributed by atoms with E-state index in [9.17, 15) is 0 Å². The molecule has 0 aliphatic carbocycles. The first kappa shape index (κ1) is 15.9. The van der Waals surface area contributed by atoms with Crippen LogP contribution >= 0.6 is 11.5 Å². The van der Waals surface area contributed by atoms with Crippen molar-refractivity contribution in [3.63, 3.8) is 0 Å². The van der Waals surface area contributed by atoms with Gasteiger partial charge in [0, 0.05) is 0 Å². The quantitative estimate of drug-likeness (QED) is 0.656. The van der Waals surface area contributed by atoms with Crippen LogP contribution in [0, 0.1) is 13.8 Å². The highest BCUT2D eigenvalue weighted by Gasteiger charge is 2.23. The molecule has 6 heteroatoms. The predicted octanol–water partition coefficient (Wildman–Crippen LogP) is 2.84. The molecule has 5 nitrogen and oxygen atoms in total. The van der Waals surface area contributed by atoms with E-state index in [2.05, 4.69) is 41.9 Å². The highest BCUT2D eigenvalue weighted by Crippen LogP contribution is 2.34. The van der Waals surface area contributed by atoms with Gasteiger partial charge in [-0.25, -0.2) is 5.43 Å². The largest absolute Gasteiger partial charge is 0.496 e. The summed E-state index contributed by atoms with van der Waals surface area (Å²) < 4.78 is 9.47. The van der Waals surface area contributed by atoms with E-state index >= 15 is 0 Å². The zero-order valence-corrected chi connectivity index (χ0v) is 13.9. The molecule has 0 saturated heterocycles. The summed E-state index contributed by atoms with van der Waals surface area (Å²) in [6, 6.07) is 4.05. The van der Waals surface area contributed by atoms with Gasteiger partial charge in [0.25, 0.3) is 0 Å². The number of nitrogens with one attached hydrogen (secondary N) is 1. The molecule has 0 spiro atoms. The molecule has 0 amide bonds. The Kier molecular flexibility index (Phi) is 4.92. The van der Waals surface area contributed by atoms with E-state index < -0.39 is 0 Å². The normalized spacial score (nSPS) is 12.7. The summed E-state index contributed by atoms with van der Waals surface area (Å²) in [5.74, 6) is 7.03. The number of aryl methyl sites for hydroxylation is 2. The van der Waals surface area contributed by atoms with Gasteiger partial charge in [-0.1, -0.05) is 24.4 Å². The number of hydrazine groups is 1. The number of methoxy groups -OCH3 is 1. The van der Waals surface area contributed by atoms with Gasteiger partial charge in [-0.2, -0.15) is 0 Å². The molecule has 21 heavy (non-hydrogen) atoms. The minimum atomic E-state index is -0.105. The minimum Gasteiger partial charge on any atom is -0.496 e. The molecule has 0 aliphatic heterocycles. The van der Waals surface area contributed by atoms with Gasteiger partial charge in [0.15, 0.2) is 0 Å². The maximum Gasteiger partial charge on any atom is 0.122 e.